The molecular weight excluding hydrogens is 379 g/mol. The summed E-state index contributed by atoms with van der Waals surface area (Å²) in [5, 5.41) is 2.99. The SMILES string of the molecule is CCNC(=O)C(CC)N(Cc1ccccc1C)C(=O)Cc1c(F)cccc1Cl. The summed E-state index contributed by atoms with van der Waals surface area (Å²) in [5.74, 6) is -1.08. The van der Waals surface area contributed by atoms with E-state index in [0.29, 0.717) is 13.0 Å². The van der Waals surface area contributed by atoms with E-state index in [1.807, 2.05) is 45.0 Å². The van der Waals surface area contributed by atoms with Crippen molar-refractivity contribution < 1.29 is 14.0 Å². The van der Waals surface area contributed by atoms with Gasteiger partial charge in [-0.25, -0.2) is 4.39 Å². The van der Waals surface area contributed by atoms with Gasteiger partial charge in [-0.1, -0.05) is 48.9 Å². The smallest absolute Gasteiger partial charge is 0.242 e. The van der Waals surface area contributed by atoms with E-state index in [-0.39, 0.29) is 35.4 Å². The summed E-state index contributed by atoms with van der Waals surface area (Å²) in [6.45, 7) is 6.39. The fourth-order valence-corrected chi connectivity index (χ4v) is 3.37. The van der Waals surface area contributed by atoms with Crippen molar-refractivity contribution in [2.75, 3.05) is 6.54 Å². The van der Waals surface area contributed by atoms with E-state index in [4.69, 9.17) is 11.6 Å². The van der Waals surface area contributed by atoms with Gasteiger partial charge in [0, 0.05) is 23.7 Å². The summed E-state index contributed by atoms with van der Waals surface area (Å²) < 4.78 is 14.2. The molecule has 2 amide bonds. The molecule has 1 atom stereocenters. The molecule has 0 aromatic heterocycles. The lowest BCUT2D eigenvalue weighted by Gasteiger charge is -2.31. The lowest BCUT2D eigenvalue weighted by molar-refractivity contribution is -0.140. The summed E-state index contributed by atoms with van der Waals surface area (Å²) in [6.07, 6.45) is 0.252. The highest BCUT2D eigenvalue weighted by Crippen LogP contribution is 2.22. The molecule has 150 valence electrons. The van der Waals surface area contributed by atoms with Crippen LogP contribution >= 0.6 is 11.6 Å². The Balaban J connectivity index is 2.37. The molecule has 1 unspecified atom stereocenters. The zero-order valence-electron chi connectivity index (χ0n) is 16.5. The molecule has 0 saturated heterocycles. The molecule has 0 aliphatic heterocycles. The fraction of sp³-hybridized carbons (Fsp3) is 0.364. The van der Waals surface area contributed by atoms with Crippen molar-refractivity contribution in [3.63, 3.8) is 0 Å². The van der Waals surface area contributed by atoms with Crippen LogP contribution in [-0.4, -0.2) is 29.3 Å². The van der Waals surface area contributed by atoms with Gasteiger partial charge in [-0.2, -0.15) is 0 Å². The monoisotopic (exact) mass is 404 g/mol. The highest BCUT2D eigenvalue weighted by Gasteiger charge is 2.29. The molecule has 2 aromatic carbocycles. The first kappa shape index (κ1) is 21.9. The molecule has 0 saturated carbocycles. The predicted octanol–water partition coefficient (Wildman–Crippen LogP) is 4.27. The second-order valence-electron chi connectivity index (χ2n) is 6.64. The van der Waals surface area contributed by atoms with E-state index < -0.39 is 11.9 Å². The molecule has 28 heavy (non-hydrogen) atoms. The van der Waals surface area contributed by atoms with Crippen LogP contribution in [0.3, 0.4) is 0 Å². The van der Waals surface area contributed by atoms with Crippen molar-refractivity contribution in [1.29, 1.82) is 0 Å². The van der Waals surface area contributed by atoms with Gasteiger partial charge in [0.2, 0.25) is 11.8 Å². The van der Waals surface area contributed by atoms with Crippen molar-refractivity contribution in [3.8, 4) is 0 Å². The number of nitrogens with zero attached hydrogens (tertiary/aromatic N) is 1. The minimum atomic E-state index is -0.641. The van der Waals surface area contributed by atoms with Crippen LogP contribution in [0.4, 0.5) is 4.39 Å². The molecule has 0 fully saturated rings. The standard InChI is InChI=1S/C22H26ClFN2O2/c1-4-20(22(28)25-5-2)26(14-16-10-7-6-9-15(16)3)21(27)13-17-18(23)11-8-12-19(17)24/h6-12,20H,4-5,13-14H2,1-3H3,(H,25,28). The maximum absolute atomic E-state index is 14.2. The number of amides is 2. The molecule has 0 radical (unpaired) electrons. The van der Waals surface area contributed by atoms with E-state index in [1.165, 1.54) is 17.0 Å². The van der Waals surface area contributed by atoms with E-state index >= 15 is 0 Å². The molecule has 0 aliphatic carbocycles. The van der Waals surface area contributed by atoms with Gasteiger partial charge in [-0.15, -0.1) is 0 Å². The van der Waals surface area contributed by atoms with Crippen molar-refractivity contribution in [3.05, 3.63) is 70.0 Å². The number of carbonyl (C=O) groups is 2. The van der Waals surface area contributed by atoms with Crippen LogP contribution in [0.5, 0.6) is 0 Å². The van der Waals surface area contributed by atoms with Crippen LogP contribution < -0.4 is 5.32 Å². The quantitative estimate of drug-likeness (QED) is 0.714. The second-order valence-corrected chi connectivity index (χ2v) is 7.05. The number of nitrogens with one attached hydrogen (secondary N) is 1. The van der Waals surface area contributed by atoms with Crippen LogP contribution in [0, 0.1) is 12.7 Å². The molecule has 4 nitrogen and oxygen atoms in total. The molecule has 1 N–H and O–H groups in total. The average Bonchev–Trinajstić information content (AvgIpc) is 2.66. The molecule has 0 bridgehead atoms. The normalized spacial score (nSPS) is 11.8. The number of hydrogen-bond donors (Lipinski definition) is 1. The molecule has 2 rings (SSSR count). The van der Waals surface area contributed by atoms with E-state index in [9.17, 15) is 14.0 Å². The minimum Gasteiger partial charge on any atom is -0.355 e. The Morgan fingerprint density at radius 2 is 1.86 bits per heavy atom. The predicted molar refractivity (Wildman–Crippen MR) is 110 cm³/mol. The van der Waals surface area contributed by atoms with Crippen LogP contribution in [0.1, 0.15) is 37.0 Å². The summed E-state index contributed by atoms with van der Waals surface area (Å²) in [7, 11) is 0. The summed E-state index contributed by atoms with van der Waals surface area (Å²) >= 11 is 6.10. The molecule has 0 heterocycles. The van der Waals surface area contributed by atoms with Crippen molar-refractivity contribution >= 4 is 23.4 Å². The number of likely N-dealkylation sites (N-methyl/N-ethyl adjacent to an activating group) is 1. The molecular formula is C22H26ClFN2O2. The topological polar surface area (TPSA) is 49.4 Å². The van der Waals surface area contributed by atoms with E-state index in [1.54, 1.807) is 6.07 Å². The third kappa shape index (κ3) is 5.32. The average molecular weight is 405 g/mol. The molecule has 2 aromatic rings. The first-order valence-corrected chi connectivity index (χ1v) is 9.81. The van der Waals surface area contributed by atoms with Gasteiger partial charge >= 0.3 is 0 Å². The summed E-state index contributed by atoms with van der Waals surface area (Å²) in [5.41, 5.74) is 2.11. The third-order valence-electron chi connectivity index (χ3n) is 4.73. The van der Waals surface area contributed by atoms with E-state index in [2.05, 4.69) is 5.32 Å². The van der Waals surface area contributed by atoms with Crippen LogP contribution in [0.25, 0.3) is 0 Å². The van der Waals surface area contributed by atoms with Gasteiger partial charge in [0.25, 0.3) is 0 Å². The lowest BCUT2D eigenvalue weighted by Crippen LogP contribution is -2.49. The zero-order valence-corrected chi connectivity index (χ0v) is 17.2. The minimum absolute atomic E-state index is 0.148. The number of aryl methyl sites for hydroxylation is 1. The third-order valence-corrected chi connectivity index (χ3v) is 5.08. The maximum Gasteiger partial charge on any atom is 0.242 e. The highest BCUT2D eigenvalue weighted by molar-refractivity contribution is 6.31. The number of halogens is 2. The zero-order chi connectivity index (χ0) is 20.7. The molecule has 0 aliphatic rings. The molecule has 6 heteroatoms. The Hall–Kier alpha value is -2.40. The van der Waals surface area contributed by atoms with Gasteiger partial charge in [-0.3, -0.25) is 9.59 Å². The van der Waals surface area contributed by atoms with E-state index in [0.717, 1.165) is 11.1 Å². The Morgan fingerprint density at radius 1 is 1.14 bits per heavy atom. The Morgan fingerprint density at radius 3 is 2.46 bits per heavy atom. The van der Waals surface area contributed by atoms with Gasteiger partial charge in [0.1, 0.15) is 11.9 Å². The maximum atomic E-state index is 14.2. The molecule has 0 spiro atoms. The first-order chi connectivity index (χ1) is 13.4. The fourth-order valence-electron chi connectivity index (χ4n) is 3.14. The van der Waals surface area contributed by atoms with Crippen LogP contribution in [0.2, 0.25) is 5.02 Å². The number of rotatable bonds is 8. The number of hydrogen-bond acceptors (Lipinski definition) is 2. The Kier molecular flexibility index (Phi) is 8.00. The lowest BCUT2D eigenvalue weighted by atomic mass is 10.0. The van der Waals surface area contributed by atoms with Gasteiger partial charge < -0.3 is 10.2 Å². The van der Waals surface area contributed by atoms with Crippen LogP contribution in [-0.2, 0) is 22.6 Å². The van der Waals surface area contributed by atoms with Gasteiger partial charge in [0.05, 0.1) is 6.42 Å². The van der Waals surface area contributed by atoms with Gasteiger partial charge in [0.15, 0.2) is 0 Å². The van der Waals surface area contributed by atoms with Crippen LogP contribution in [0.15, 0.2) is 42.5 Å². The van der Waals surface area contributed by atoms with Crippen molar-refractivity contribution in [2.45, 2.75) is 46.2 Å². The van der Waals surface area contributed by atoms with Crippen molar-refractivity contribution in [1.82, 2.24) is 10.2 Å². The summed E-state index contributed by atoms with van der Waals surface area (Å²) in [4.78, 5) is 27.3. The Labute approximate surface area is 170 Å². The number of carbonyl (C=O) groups excluding carboxylic acids is 2. The van der Waals surface area contributed by atoms with Gasteiger partial charge in [-0.05, 0) is 43.5 Å². The second kappa shape index (κ2) is 10.2. The highest BCUT2D eigenvalue weighted by atomic mass is 35.5. The van der Waals surface area contributed by atoms with Crippen molar-refractivity contribution in [2.24, 2.45) is 0 Å². The largest absolute Gasteiger partial charge is 0.355 e. The number of benzene rings is 2. The summed E-state index contributed by atoms with van der Waals surface area (Å²) in [6, 6.07) is 11.4. The first-order valence-electron chi connectivity index (χ1n) is 9.43. The Bertz CT molecular complexity index is 821.